The normalized spacial score (nSPS) is 11.6. The highest BCUT2D eigenvalue weighted by Crippen LogP contribution is 2.33. The second-order valence-electron chi connectivity index (χ2n) is 8.03. The van der Waals surface area contributed by atoms with Gasteiger partial charge in [0, 0.05) is 41.5 Å². The number of aliphatic hydroxyl groups is 1. The van der Waals surface area contributed by atoms with Crippen LogP contribution in [0.3, 0.4) is 0 Å². The van der Waals surface area contributed by atoms with Crippen molar-refractivity contribution in [3.63, 3.8) is 0 Å². The number of aliphatic hydroxyl groups excluding tert-OH is 1. The van der Waals surface area contributed by atoms with Gasteiger partial charge in [-0.2, -0.15) is 0 Å². The summed E-state index contributed by atoms with van der Waals surface area (Å²) in [5, 5.41) is 31.3. The Morgan fingerprint density at radius 2 is 1.50 bits per heavy atom. The number of aromatic nitrogens is 1. The van der Waals surface area contributed by atoms with Crippen LogP contribution >= 0.6 is 0 Å². The van der Waals surface area contributed by atoms with Crippen molar-refractivity contribution in [2.45, 2.75) is 6.10 Å². The Bertz CT molecular complexity index is 1370. The molecule has 1 aromatic heterocycles. The molecule has 1 unspecified atom stereocenters. The fraction of sp³-hybridized carbons (Fsp3) is 0.214. The number of ether oxygens (including phenoxy) is 3. The van der Waals surface area contributed by atoms with E-state index in [0.29, 0.717) is 43.3 Å². The van der Waals surface area contributed by atoms with Gasteiger partial charge >= 0.3 is 11.9 Å². The van der Waals surface area contributed by atoms with Crippen LogP contribution in [0.15, 0.2) is 78.9 Å². The number of carboxylic acids is 2. The Morgan fingerprint density at radius 1 is 0.868 bits per heavy atom. The van der Waals surface area contributed by atoms with E-state index in [2.05, 4.69) is 16.4 Å². The zero-order valence-electron chi connectivity index (χ0n) is 20.8. The summed E-state index contributed by atoms with van der Waals surface area (Å²) in [5.41, 5.74) is 2.09. The summed E-state index contributed by atoms with van der Waals surface area (Å²) in [5.74, 6) is -0.335. The molecule has 0 radical (unpaired) electrons. The van der Waals surface area contributed by atoms with Crippen molar-refractivity contribution in [2.75, 3.05) is 33.4 Å². The van der Waals surface area contributed by atoms with Crippen molar-refractivity contribution in [3.8, 4) is 17.2 Å². The summed E-state index contributed by atoms with van der Waals surface area (Å²) >= 11 is 0. The number of aromatic amines is 1. The number of H-pyrrole nitrogens is 1. The van der Waals surface area contributed by atoms with E-state index in [1.54, 1.807) is 7.11 Å². The van der Waals surface area contributed by atoms with Gasteiger partial charge in [0.05, 0.1) is 12.6 Å². The molecule has 10 nitrogen and oxygen atoms in total. The maximum absolute atomic E-state index is 10.3. The van der Waals surface area contributed by atoms with E-state index in [1.165, 1.54) is 0 Å². The predicted molar refractivity (Wildman–Crippen MR) is 143 cm³/mol. The molecule has 10 heteroatoms. The van der Waals surface area contributed by atoms with Crippen LogP contribution in [0.1, 0.15) is 0 Å². The second kappa shape index (κ2) is 14.3. The van der Waals surface area contributed by atoms with E-state index >= 15 is 0 Å². The second-order valence-corrected chi connectivity index (χ2v) is 8.03. The number of hydrogen-bond donors (Lipinski definition) is 5. The van der Waals surface area contributed by atoms with E-state index in [9.17, 15) is 14.7 Å². The number of carboxylic acid groups (broad SMARTS) is 2. The van der Waals surface area contributed by atoms with Gasteiger partial charge in [-0.25, -0.2) is 9.59 Å². The van der Waals surface area contributed by atoms with Crippen LogP contribution in [-0.4, -0.2) is 71.8 Å². The molecule has 5 N–H and O–H groups in total. The summed E-state index contributed by atoms with van der Waals surface area (Å²) in [6.45, 7) is 1.70. The van der Waals surface area contributed by atoms with Crippen molar-refractivity contribution < 1.29 is 39.1 Å². The van der Waals surface area contributed by atoms with E-state index < -0.39 is 18.0 Å². The van der Waals surface area contributed by atoms with Crippen molar-refractivity contribution in [1.82, 2.24) is 10.3 Å². The standard InChI is InChI=1S/C24H26N2O4.C4H4O4/c1-28-21-10-4-5-11-22(21)29-14-13-25-15-17(27)16-30-23-12-6-9-20-24(23)18-7-2-3-8-19(18)26-20;5-3(6)1-2-4(7)8/h2-12,17,25-27H,13-16H2,1H3;1-2H,(H,5,6)(H,7,8)/b;2-1+. The number of carbonyl (C=O) groups is 2. The number of benzene rings is 3. The van der Waals surface area contributed by atoms with Crippen molar-refractivity contribution in [2.24, 2.45) is 0 Å². The van der Waals surface area contributed by atoms with Gasteiger partial charge in [0.15, 0.2) is 11.5 Å². The average Bonchev–Trinajstić information content (AvgIpc) is 3.30. The minimum atomic E-state index is -1.26. The molecule has 0 saturated heterocycles. The first kappa shape index (κ1) is 28.0. The van der Waals surface area contributed by atoms with Crippen LogP contribution in [0.4, 0.5) is 0 Å². The van der Waals surface area contributed by atoms with Gasteiger partial charge in [-0.05, 0) is 30.3 Å². The highest BCUT2D eigenvalue weighted by Gasteiger charge is 2.11. The summed E-state index contributed by atoms with van der Waals surface area (Å²) in [6.07, 6.45) is 0.488. The summed E-state index contributed by atoms with van der Waals surface area (Å²) in [6, 6.07) is 21.6. The van der Waals surface area contributed by atoms with Crippen LogP contribution in [0.5, 0.6) is 17.2 Å². The molecule has 0 spiro atoms. The van der Waals surface area contributed by atoms with Crippen molar-refractivity contribution in [3.05, 3.63) is 78.9 Å². The van der Waals surface area contributed by atoms with Gasteiger partial charge in [0.1, 0.15) is 25.1 Å². The van der Waals surface area contributed by atoms with E-state index in [1.807, 2.05) is 60.7 Å². The van der Waals surface area contributed by atoms with Crippen LogP contribution in [-0.2, 0) is 9.59 Å². The first-order chi connectivity index (χ1) is 18.4. The molecule has 0 aliphatic carbocycles. The fourth-order valence-corrected chi connectivity index (χ4v) is 3.62. The van der Waals surface area contributed by atoms with Gasteiger partial charge in [-0.3, -0.25) is 0 Å². The number of nitrogens with one attached hydrogen (secondary N) is 2. The molecule has 38 heavy (non-hydrogen) atoms. The topological polar surface area (TPSA) is 150 Å². The molecule has 1 heterocycles. The van der Waals surface area contributed by atoms with Gasteiger partial charge in [-0.15, -0.1) is 0 Å². The Kier molecular flexibility index (Phi) is 10.5. The Morgan fingerprint density at radius 3 is 2.21 bits per heavy atom. The zero-order valence-corrected chi connectivity index (χ0v) is 20.8. The highest BCUT2D eigenvalue weighted by molar-refractivity contribution is 6.10. The summed E-state index contributed by atoms with van der Waals surface area (Å²) in [4.78, 5) is 22.5. The molecule has 0 amide bonds. The van der Waals surface area contributed by atoms with Gasteiger partial charge in [-0.1, -0.05) is 36.4 Å². The third-order valence-corrected chi connectivity index (χ3v) is 5.28. The Balaban J connectivity index is 0.000000436. The van der Waals surface area contributed by atoms with Crippen LogP contribution < -0.4 is 19.5 Å². The van der Waals surface area contributed by atoms with Gasteiger partial charge in [0.25, 0.3) is 0 Å². The molecule has 3 aromatic carbocycles. The smallest absolute Gasteiger partial charge is 0.328 e. The predicted octanol–water partition coefficient (Wildman–Crippen LogP) is 3.45. The summed E-state index contributed by atoms with van der Waals surface area (Å²) in [7, 11) is 1.62. The molecule has 0 saturated carbocycles. The minimum absolute atomic E-state index is 0.207. The van der Waals surface area contributed by atoms with E-state index in [-0.39, 0.29) is 6.61 Å². The van der Waals surface area contributed by atoms with E-state index in [4.69, 9.17) is 24.4 Å². The molecule has 200 valence electrons. The average molecular weight is 523 g/mol. The fourth-order valence-electron chi connectivity index (χ4n) is 3.62. The lowest BCUT2D eigenvalue weighted by atomic mass is 10.1. The van der Waals surface area contributed by atoms with Crippen LogP contribution in [0.2, 0.25) is 0 Å². The molecule has 0 aliphatic heterocycles. The van der Waals surface area contributed by atoms with E-state index in [0.717, 1.165) is 27.6 Å². The third kappa shape index (κ3) is 8.26. The number of fused-ring (bicyclic) bond motifs is 3. The minimum Gasteiger partial charge on any atom is -0.493 e. The number of aliphatic carboxylic acids is 2. The quantitative estimate of drug-likeness (QED) is 0.139. The number of rotatable bonds is 12. The Hall–Kier alpha value is -4.54. The number of methoxy groups -OCH3 is 1. The third-order valence-electron chi connectivity index (χ3n) is 5.28. The number of para-hydroxylation sites is 3. The summed E-state index contributed by atoms with van der Waals surface area (Å²) < 4.78 is 16.9. The zero-order chi connectivity index (χ0) is 27.3. The number of hydrogen-bond acceptors (Lipinski definition) is 7. The SMILES string of the molecule is COc1ccccc1OCCNCC(O)COc1cccc2[nH]c3ccccc3c12.O=C(O)/C=C/C(=O)O. The van der Waals surface area contributed by atoms with Crippen molar-refractivity contribution in [1.29, 1.82) is 0 Å². The lowest BCUT2D eigenvalue weighted by Gasteiger charge is -2.15. The van der Waals surface area contributed by atoms with Crippen LogP contribution in [0.25, 0.3) is 21.8 Å². The van der Waals surface area contributed by atoms with Gasteiger partial charge < -0.3 is 39.8 Å². The molecule has 4 rings (SSSR count). The monoisotopic (exact) mass is 522 g/mol. The molecule has 1 atom stereocenters. The molecular weight excluding hydrogens is 492 g/mol. The Labute approximate surface area is 219 Å². The first-order valence-corrected chi connectivity index (χ1v) is 11.8. The first-order valence-electron chi connectivity index (χ1n) is 11.8. The molecular formula is C28H30N2O8. The lowest BCUT2D eigenvalue weighted by Crippen LogP contribution is -2.33. The van der Waals surface area contributed by atoms with Crippen molar-refractivity contribution >= 4 is 33.7 Å². The maximum Gasteiger partial charge on any atom is 0.328 e. The molecule has 0 bridgehead atoms. The maximum atomic E-state index is 10.3. The molecule has 0 fully saturated rings. The highest BCUT2D eigenvalue weighted by atomic mass is 16.5. The molecule has 0 aliphatic rings. The lowest BCUT2D eigenvalue weighted by molar-refractivity contribution is -0.134. The molecule has 4 aromatic rings. The van der Waals surface area contributed by atoms with Crippen LogP contribution in [0, 0.1) is 0 Å². The van der Waals surface area contributed by atoms with Gasteiger partial charge in [0.2, 0.25) is 0 Å². The largest absolute Gasteiger partial charge is 0.493 e.